The van der Waals surface area contributed by atoms with Gasteiger partial charge in [0.1, 0.15) is 5.54 Å². The fourth-order valence-corrected chi connectivity index (χ4v) is 2.90. The third-order valence-corrected chi connectivity index (χ3v) is 4.14. The van der Waals surface area contributed by atoms with Gasteiger partial charge in [-0.2, -0.15) is 0 Å². The van der Waals surface area contributed by atoms with Crippen molar-refractivity contribution < 1.29 is 9.53 Å². The molecule has 1 fully saturated rings. The van der Waals surface area contributed by atoms with Crippen molar-refractivity contribution >= 4 is 23.3 Å². The SMILES string of the molecule is CCOC(=O)C1(Nc2cccc(Cl)c2)CCN(C(C)C)C1. The molecular weight excluding hydrogens is 288 g/mol. The van der Waals surface area contributed by atoms with E-state index in [1.807, 2.05) is 31.2 Å². The van der Waals surface area contributed by atoms with E-state index in [0.717, 1.165) is 18.7 Å². The standard InChI is InChI=1S/C16H23ClN2O2/c1-4-21-15(20)16(8-9-19(11-16)12(2)3)18-14-7-5-6-13(17)10-14/h5-7,10,12,18H,4,8-9,11H2,1-3H3. The highest BCUT2D eigenvalue weighted by atomic mass is 35.5. The number of anilines is 1. The highest BCUT2D eigenvalue weighted by molar-refractivity contribution is 6.30. The number of benzene rings is 1. The number of likely N-dealkylation sites (tertiary alicyclic amines) is 1. The second-order valence-electron chi connectivity index (χ2n) is 5.75. The molecule has 1 aromatic carbocycles. The van der Waals surface area contributed by atoms with E-state index >= 15 is 0 Å². The monoisotopic (exact) mass is 310 g/mol. The second kappa shape index (κ2) is 6.67. The number of ether oxygens (including phenoxy) is 1. The predicted molar refractivity (Wildman–Crippen MR) is 85.8 cm³/mol. The lowest BCUT2D eigenvalue weighted by molar-refractivity contribution is -0.148. The lowest BCUT2D eigenvalue weighted by Gasteiger charge is -2.30. The molecule has 1 aliphatic heterocycles. The maximum Gasteiger partial charge on any atom is 0.333 e. The molecule has 0 aliphatic carbocycles. The van der Waals surface area contributed by atoms with Gasteiger partial charge in [0, 0.05) is 29.8 Å². The number of hydrogen-bond acceptors (Lipinski definition) is 4. The van der Waals surface area contributed by atoms with Crippen molar-refractivity contribution in [1.82, 2.24) is 4.90 Å². The molecule has 1 atom stereocenters. The fourth-order valence-electron chi connectivity index (χ4n) is 2.71. The Bertz CT molecular complexity index is 507. The molecule has 1 heterocycles. The molecule has 0 aromatic heterocycles. The van der Waals surface area contributed by atoms with Gasteiger partial charge in [-0.25, -0.2) is 4.79 Å². The van der Waals surface area contributed by atoms with Crippen LogP contribution >= 0.6 is 11.6 Å². The first kappa shape index (κ1) is 16.1. The number of hydrogen-bond donors (Lipinski definition) is 1. The molecule has 0 amide bonds. The van der Waals surface area contributed by atoms with E-state index in [-0.39, 0.29) is 5.97 Å². The van der Waals surface area contributed by atoms with Crippen LogP contribution in [0, 0.1) is 0 Å². The summed E-state index contributed by atoms with van der Waals surface area (Å²) in [4.78, 5) is 14.8. The summed E-state index contributed by atoms with van der Waals surface area (Å²) in [5.41, 5.74) is 0.159. The lowest BCUT2D eigenvalue weighted by atomic mass is 9.98. The van der Waals surface area contributed by atoms with Gasteiger partial charge in [-0.05, 0) is 45.4 Å². The van der Waals surface area contributed by atoms with Crippen LogP contribution in [-0.4, -0.2) is 42.1 Å². The number of esters is 1. The lowest BCUT2D eigenvalue weighted by Crippen LogP contribution is -2.50. The summed E-state index contributed by atoms with van der Waals surface area (Å²) in [5.74, 6) is -0.187. The Morgan fingerprint density at radius 1 is 1.52 bits per heavy atom. The van der Waals surface area contributed by atoms with E-state index in [0.29, 0.717) is 24.2 Å². The third-order valence-electron chi connectivity index (χ3n) is 3.90. The van der Waals surface area contributed by atoms with Crippen molar-refractivity contribution in [3.63, 3.8) is 0 Å². The summed E-state index contributed by atoms with van der Waals surface area (Å²) in [7, 11) is 0. The van der Waals surface area contributed by atoms with Gasteiger partial charge in [-0.1, -0.05) is 17.7 Å². The van der Waals surface area contributed by atoms with Crippen molar-refractivity contribution in [2.75, 3.05) is 25.0 Å². The number of nitrogens with zero attached hydrogens (tertiary/aromatic N) is 1. The first-order chi connectivity index (χ1) is 9.97. The number of halogens is 1. The van der Waals surface area contributed by atoms with Crippen LogP contribution in [0.1, 0.15) is 27.2 Å². The van der Waals surface area contributed by atoms with Crippen LogP contribution in [0.5, 0.6) is 0 Å². The minimum Gasteiger partial charge on any atom is -0.464 e. The maximum absolute atomic E-state index is 12.5. The Morgan fingerprint density at radius 2 is 2.29 bits per heavy atom. The van der Waals surface area contributed by atoms with Crippen molar-refractivity contribution in [2.45, 2.75) is 38.8 Å². The maximum atomic E-state index is 12.5. The zero-order valence-electron chi connectivity index (χ0n) is 12.9. The average molecular weight is 311 g/mol. The van der Waals surface area contributed by atoms with E-state index in [4.69, 9.17) is 16.3 Å². The smallest absolute Gasteiger partial charge is 0.333 e. The largest absolute Gasteiger partial charge is 0.464 e. The van der Waals surface area contributed by atoms with Gasteiger partial charge >= 0.3 is 5.97 Å². The van der Waals surface area contributed by atoms with Gasteiger partial charge in [0.25, 0.3) is 0 Å². The molecule has 4 nitrogen and oxygen atoms in total. The molecule has 0 spiro atoms. The Morgan fingerprint density at radius 3 is 2.86 bits per heavy atom. The highest BCUT2D eigenvalue weighted by Gasteiger charge is 2.46. The molecule has 1 aliphatic rings. The van der Waals surface area contributed by atoms with Crippen molar-refractivity contribution in [1.29, 1.82) is 0 Å². The van der Waals surface area contributed by atoms with Crippen LogP contribution in [0.4, 0.5) is 5.69 Å². The molecule has 1 N–H and O–H groups in total. The van der Waals surface area contributed by atoms with Gasteiger partial charge in [0.2, 0.25) is 0 Å². The van der Waals surface area contributed by atoms with Crippen LogP contribution in [0.2, 0.25) is 5.02 Å². The zero-order valence-corrected chi connectivity index (χ0v) is 13.6. The summed E-state index contributed by atoms with van der Waals surface area (Å²) >= 11 is 6.03. The topological polar surface area (TPSA) is 41.6 Å². The number of carbonyl (C=O) groups is 1. The van der Waals surface area contributed by atoms with Gasteiger partial charge in [-0.3, -0.25) is 4.90 Å². The minimum atomic E-state index is -0.690. The Hall–Kier alpha value is -1.26. The molecule has 1 unspecified atom stereocenters. The van der Waals surface area contributed by atoms with E-state index in [1.165, 1.54) is 0 Å². The second-order valence-corrected chi connectivity index (χ2v) is 6.19. The van der Waals surface area contributed by atoms with E-state index < -0.39 is 5.54 Å². The predicted octanol–water partition coefficient (Wildman–Crippen LogP) is 3.17. The third kappa shape index (κ3) is 3.69. The van der Waals surface area contributed by atoms with Gasteiger partial charge in [0.15, 0.2) is 0 Å². The summed E-state index contributed by atoms with van der Waals surface area (Å²) in [6, 6.07) is 7.85. The van der Waals surface area contributed by atoms with Gasteiger partial charge in [-0.15, -0.1) is 0 Å². The van der Waals surface area contributed by atoms with E-state index in [1.54, 1.807) is 0 Å². The summed E-state index contributed by atoms with van der Waals surface area (Å²) in [6.45, 7) is 8.03. The molecular formula is C16H23ClN2O2. The summed E-state index contributed by atoms with van der Waals surface area (Å²) in [5, 5.41) is 4.01. The van der Waals surface area contributed by atoms with Crippen LogP contribution in [-0.2, 0) is 9.53 Å². The molecule has 0 radical (unpaired) electrons. The molecule has 0 saturated carbocycles. The zero-order chi connectivity index (χ0) is 15.5. The number of nitrogens with one attached hydrogen (secondary N) is 1. The van der Waals surface area contributed by atoms with Gasteiger partial charge < -0.3 is 10.1 Å². The first-order valence-corrected chi connectivity index (χ1v) is 7.79. The molecule has 5 heteroatoms. The summed E-state index contributed by atoms with van der Waals surface area (Å²) in [6.07, 6.45) is 0.733. The van der Waals surface area contributed by atoms with Crippen LogP contribution in [0.15, 0.2) is 24.3 Å². The molecule has 0 bridgehead atoms. The Balaban J connectivity index is 2.23. The van der Waals surface area contributed by atoms with Crippen molar-refractivity contribution in [2.24, 2.45) is 0 Å². The molecule has 1 aromatic rings. The molecule has 116 valence electrons. The number of rotatable bonds is 5. The molecule has 1 saturated heterocycles. The van der Waals surface area contributed by atoms with Crippen molar-refractivity contribution in [3.05, 3.63) is 29.3 Å². The fraction of sp³-hybridized carbons (Fsp3) is 0.562. The van der Waals surface area contributed by atoms with Gasteiger partial charge in [0.05, 0.1) is 6.61 Å². The summed E-state index contributed by atoms with van der Waals surface area (Å²) < 4.78 is 5.30. The highest BCUT2D eigenvalue weighted by Crippen LogP contribution is 2.30. The minimum absolute atomic E-state index is 0.187. The Labute approximate surface area is 131 Å². The first-order valence-electron chi connectivity index (χ1n) is 7.42. The quantitative estimate of drug-likeness (QED) is 0.848. The van der Waals surface area contributed by atoms with Crippen molar-refractivity contribution in [3.8, 4) is 0 Å². The average Bonchev–Trinajstić information content (AvgIpc) is 2.85. The Kier molecular flexibility index (Phi) is 5.12. The van der Waals surface area contributed by atoms with E-state index in [2.05, 4.69) is 24.1 Å². The van der Waals surface area contributed by atoms with Crippen LogP contribution in [0.25, 0.3) is 0 Å². The van der Waals surface area contributed by atoms with Crippen LogP contribution < -0.4 is 5.32 Å². The number of carbonyl (C=O) groups excluding carboxylic acids is 1. The normalized spacial score (nSPS) is 22.5. The molecule has 2 rings (SSSR count). The van der Waals surface area contributed by atoms with E-state index in [9.17, 15) is 4.79 Å². The van der Waals surface area contributed by atoms with Crippen LogP contribution in [0.3, 0.4) is 0 Å². The molecule has 21 heavy (non-hydrogen) atoms.